The Morgan fingerprint density at radius 3 is 2.43 bits per heavy atom. The minimum absolute atomic E-state index is 0.122. The first-order valence-corrected chi connectivity index (χ1v) is 11.8. The molecule has 0 atom stereocenters. The first-order chi connectivity index (χ1) is 13.4. The second-order valence-electron chi connectivity index (χ2n) is 7.24. The zero-order chi connectivity index (χ0) is 20.1. The molecule has 0 spiro atoms. The Hall–Kier alpha value is -1.74. The summed E-state index contributed by atoms with van der Waals surface area (Å²) in [4.78, 5) is 15.8. The largest absolute Gasteiger partial charge is 0.325 e. The van der Waals surface area contributed by atoms with Crippen molar-refractivity contribution in [2.75, 3.05) is 32.0 Å². The highest BCUT2D eigenvalue weighted by molar-refractivity contribution is 7.89. The van der Waals surface area contributed by atoms with E-state index in [0.29, 0.717) is 18.8 Å². The predicted molar refractivity (Wildman–Crippen MR) is 113 cm³/mol. The van der Waals surface area contributed by atoms with Crippen LogP contribution in [0.2, 0.25) is 0 Å². The molecule has 1 aromatic carbocycles. The molecule has 1 aliphatic rings. The number of nitrogens with zero attached hydrogens (tertiary/aromatic N) is 2. The van der Waals surface area contributed by atoms with Gasteiger partial charge in [-0.2, -0.15) is 4.31 Å². The van der Waals surface area contributed by atoms with Gasteiger partial charge in [0.2, 0.25) is 15.9 Å². The lowest BCUT2D eigenvalue weighted by Gasteiger charge is -2.25. The molecule has 0 unspecified atom stereocenters. The summed E-state index contributed by atoms with van der Waals surface area (Å²) in [7, 11) is -1.54. The molecule has 1 amide bonds. The van der Waals surface area contributed by atoms with Crippen molar-refractivity contribution in [2.45, 2.75) is 37.6 Å². The van der Waals surface area contributed by atoms with E-state index >= 15 is 0 Å². The van der Waals surface area contributed by atoms with E-state index in [1.54, 1.807) is 39.9 Å². The van der Waals surface area contributed by atoms with Crippen LogP contribution in [0.5, 0.6) is 0 Å². The molecule has 1 aromatic heterocycles. The molecule has 1 fully saturated rings. The van der Waals surface area contributed by atoms with Crippen LogP contribution in [-0.2, 0) is 21.4 Å². The van der Waals surface area contributed by atoms with Gasteiger partial charge in [0.25, 0.3) is 0 Å². The van der Waals surface area contributed by atoms with E-state index in [1.807, 2.05) is 11.9 Å². The minimum atomic E-state index is -3.45. The smallest absolute Gasteiger partial charge is 0.243 e. The molecule has 2 aromatic rings. The van der Waals surface area contributed by atoms with Crippen molar-refractivity contribution in [3.63, 3.8) is 0 Å². The molecular weight excluding hydrogens is 394 g/mol. The van der Waals surface area contributed by atoms with Crippen LogP contribution in [0, 0.1) is 6.92 Å². The summed E-state index contributed by atoms with van der Waals surface area (Å²) >= 11 is 1.69. The van der Waals surface area contributed by atoms with Crippen molar-refractivity contribution in [1.82, 2.24) is 9.21 Å². The minimum Gasteiger partial charge on any atom is -0.325 e. The summed E-state index contributed by atoms with van der Waals surface area (Å²) in [5.74, 6) is -0.122. The molecule has 6 nitrogen and oxygen atoms in total. The Bertz CT molecular complexity index is 901. The highest BCUT2D eigenvalue weighted by atomic mass is 32.2. The van der Waals surface area contributed by atoms with Gasteiger partial charge in [-0.3, -0.25) is 9.69 Å². The Balaban J connectivity index is 1.56. The third-order valence-electron chi connectivity index (χ3n) is 4.89. The molecule has 0 radical (unpaired) electrons. The summed E-state index contributed by atoms with van der Waals surface area (Å²) in [5, 5.41) is 4.89. The molecule has 1 N–H and O–H groups in total. The fraction of sp³-hybridized carbons (Fsp3) is 0.450. The molecule has 2 heterocycles. The van der Waals surface area contributed by atoms with E-state index in [-0.39, 0.29) is 17.3 Å². The Morgan fingerprint density at radius 2 is 1.82 bits per heavy atom. The number of carbonyl (C=O) groups excluding carboxylic acids is 1. The topological polar surface area (TPSA) is 69.7 Å². The van der Waals surface area contributed by atoms with Crippen molar-refractivity contribution in [3.8, 4) is 0 Å². The summed E-state index contributed by atoms with van der Waals surface area (Å²) in [5.41, 5.74) is 1.84. The summed E-state index contributed by atoms with van der Waals surface area (Å²) < 4.78 is 26.9. The maximum Gasteiger partial charge on any atom is 0.243 e. The second kappa shape index (κ2) is 9.17. The number of thiophene rings is 1. The van der Waals surface area contributed by atoms with E-state index in [1.165, 1.54) is 10.4 Å². The predicted octanol–water partition coefficient (Wildman–Crippen LogP) is 3.30. The van der Waals surface area contributed by atoms with Gasteiger partial charge in [0.1, 0.15) is 0 Å². The maximum absolute atomic E-state index is 12.7. The Labute approximate surface area is 171 Å². The third-order valence-corrected chi connectivity index (χ3v) is 7.81. The van der Waals surface area contributed by atoms with Crippen LogP contribution in [-0.4, -0.2) is 50.2 Å². The van der Waals surface area contributed by atoms with Crippen LogP contribution in [0.1, 0.15) is 29.7 Å². The monoisotopic (exact) mass is 421 g/mol. The molecule has 152 valence electrons. The molecule has 0 saturated carbocycles. The number of amides is 1. The van der Waals surface area contributed by atoms with E-state index in [0.717, 1.165) is 25.8 Å². The molecule has 8 heteroatoms. The average Bonchev–Trinajstić information content (AvgIpc) is 3.07. The Morgan fingerprint density at radius 1 is 1.14 bits per heavy atom. The molecule has 3 rings (SSSR count). The fourth-order valence-corrected chi connectivity index (χ4v) is 5.78. The van der Waals surface area contributed by atoms with Gasteiger partial charge < -0.3 is 5.32 Å². The number of nitrogens with one attached hydrogen (secondary N) is 1. The van der Waals surface area contributed by atoms with Gasteiger partial charge in [0, 0.05) is 30.2 Å². The molecule has 1 saturated heterocycles. The van der Waals surface area contributed by atoms with Crippen LogP contribution in [0.3, 0.4) is 0 Å². The van der Waals surface area contributed by atoms with Crippen molar-refractivity contribution < 1.29 is 13.2 Å². The standard InChI is InChI=1S/C20H27N3O3S2/c1-16-10-13-27-19(16)14-22(2)15-20(24)21-17-6-8-18(9-7-17)28(25,26)23-11-4-3-5-12-23/h6-10,13H,3-5,11-12,14-15H2,1-2H3,(H,21,24). The van der Waals surface area contributed by atoms with Crippen molar-refractivity contribution in [3.05, 3.63) is 46.2 Å². The number of piperidine rings is 1. The van der Waals surface area contributed by atoms with Gasteiger partial charge in [-0.05, 0) is 68.1 Å². The van der Waals surface area contributed by atoms with Crippen molar-refractivity contribution in [2.24, 2.45) is 0 Å². The van der Waals surface area contributed by atoms with Gasteiger partial charge in [-0.25, -0.2) is 8.42 Å². The lowest BCUT2D eigenvalue weighted by molar-refractivity contribution is -0.117. The molecule has 1 aliphatic heterocycles. The average molecular weight is 422 g/mol. The van der Waals surface area contributed by atoms with Gasteiger partial charge in [0.15, 0.2) is 0 Å². The van der Waals surface area contributed by atoms with Crippen LogP contribution in [0.25, 0.3) is 0 Å². The van der Waals surface area contributed by atoms with E-state index < -0.39 is 10.0 Å². The number of hydrogen-bond acceptors (Lipinski definition) is 5. The highest BCUT2D eigenvalue weighted by Gasteiger charge is 2.25. The molecule has 0 aliphatic carbocycles. The number of sulfonamides is 1. The number of rotatable bonds is 7. The number of hydrogen-bond donors (Lipinski definition) is 1. The third kappa shape index (κ3) is 5.20. The highest BCUT2D eigenvalue weighted by Crippen LogP contribution is 2.22. The maximum atomic E-state index is 12.7. The normalized spacial score (nSPS) is 15.7. The first-order valence-electron chi connectivity index (χ1n) is 9.48. The van der Waals surface area contributed by atoms with Crippen LogP contribution in [0.15, 0.2) is 40.6 Å². The molecule has 0 bridgehead atoms. The second-order valence-corrected chi connectivity index (χ2v) is 10.2. The van der Waals surface area contributed by atoms with Crippen LogP contribution >= 0.6 is 11.3 Å². The number of anilines is 1. The summed E-state index contributed by atoms with van der Waals surface area (Å²) in [6.07, 6.45) is 2.90. The number of aryl methyl sites for hydroxylation is 1. The number of carbonyl (C=O) groups is 1. The lowest BCUT2D eigenvalue weighted by atomic mass is 10.2. The Kier molecular flexibility index (Phi) is 6.87. The summed E-state index contributed by atoms with van der Waals surface area (Å²) in [6.45, 7) is 4.22. The van der Waals surface area contributed by atoms with E-state index in [2.05, 4.69) is 23.7 Å². The molecular formula is C20H27N3O3S2. The summed E-state index contributed by atoms with van der Waals surface area (Å²) in [6, 6.07) is 8.51. The van der Waals surface area contributed by atoms with E-state index in [4.69, 9.17) is 0 Å². The van der Waals surface area contributed by atoms with Crippen LogP contribution < -0.4 is 5.32 Å². The zero-order valence-electron chi connectivity index (χ0n) is 16.3. The van der Waals surface area contributed by atoms with Crippen molar-refractivity contribution in [1.29, 1.82) is 0 Å². The van der Waals surface area contributed by atoms with Crippen LogP contribution in [0.4, 0.5) is 5.69 Å². The fourth-order valence-electron chi connectivity index (χ4n) is 3.28. The zero-order valence-corrected chi connectivity index (χ0v) is 18.0. The SMILES string of the molecule is Cc1ccsc1CN(C)CC(=O)Nc1ccc(S(=O)(=O)N2CCCCC2)cc1. The van der Waals surface area contributed by atoms with Crippen molar-refractivity contribution >= 4 is 33.0 Å². The number of benzene rings is 1. The van der Waals surface area contributed by atoms with Gasteiger partial charge >= 0.3 is 0 Å². The lowest BCUT2D eigenvalue weighted by Crippen LogP contribution is -2.35. The number of likely N-dealkylation sites (N-methyl/N-ethyl adjacent to an activating group) is 1. The van der Waals surface area contributed by atoms with E-state index in [9.17, 15) is 13.2 Å². The molecule has 28 heavy (non-hydrogen) atoms. The first kappa shape index (κ1) is 21.0. The van der Waals surface area contributed by atoms with Gasteiger partial charge in [0.05, 0.1) is 11.4 Å². The van der Waals surface area contributed by atoms with Gasteiger partial charge in [-0.15, -0.1) is 11.3 Å². The van der Waals surface area contributed by atoms with Gasteiger partial charge in [-0.1, -0.05) is 6.42 Å². The quantitative estimate of drug-likeness (QED) is 0.745.